The molecule has 2 aromatic heterocycles. The van der Waals surface area contributed by atoms with Crippen LogP contribution in [0.25, 0.3) is 100.0 Å². The molecule has 1 aliphatic carbocycles. The smallest absolute Gasteiger partial charge is 0.160 e. The molecule has 0 fully saturated rings. The van der Waals surface area contributed by atoms with Crippen LogP contribution in [-0.2, 0) is 5.41 Å². The van der Waals surface area contributed by atoms with Gasteiger partial charge in [-0.1, -0.05) is 166 Å². The number of aromatic nitrogens is 2. The lowest BCUT2D eigenvalue weighted by Crippen LogP contribution is -2.14. The van der Waals surface area contributed by atoms with Crippen molar-refractivity contribution in [1.29, 1.82) is 0 Å². The molecule has 0 amide bonds. The number of furan rings is 1. The maximum atomic E-state index is 6.17. The summed E-state index contributed by atoms with van der Waals surface area (Å²) in [5, 5.41) is 4.81. The maximum Gasteiger partial charge on any atom is 0.160 e. The third-order valence-corrected chi connectivity index (χ3v) is 11.7. The van der Waals surface area contributed by atoms with Crippen LogP contribution in [0.2, 0.25) is 0 Å². The normalized spacial score (nSPS) is 13.0. The molecule has 0 N–H and O–H groups in total. The average Bonchev–Trinajstić information content (AvgIpc) is 3.75. The average molecular weight is 717 g/mol. The number of hydrogen-bond acceptors (Lipinski definition) is 3. The first-order valence-corrected chi connectivity index (χ1v) is 19.2. The van der Waals surface area contributed by atoms with Gasteiger partial charge in [-0.2, -0.15) is 0 Å². The Bertz CT molecular complexity index is 3140. The van der Waals surface area contributed by atoms with E-state index >= 15 is 0 Å². The fraction of sp³-hybridized carbons (Fsp3) is 0.0566. The van der Waals surface area contributed by atoms with Crippen molar-refractivity contribution < 1.29 is 4.42 Å². The van der Waals surface area contributed by atoms with Crippen LogP contribution in [0.5, 0.6) is 0 Å². The van der Waals surface area contributed by atoms with Crippen molar-refractivity contribution in [2.24, 2.45) is 0 Å². The third kappa shape index (κ3) is 5.12. The molecule has 2 heterocycles. The lowest BCUT2D eigenvalue weighted by atomic mass is 9.81. The van der Waals surface area contributed by atoms with Crippen LogP contribution < -0.4 is 0 Å². The minimum atomic E-state index is -0.141. The molecule has 10 aromatic rings. The van der Waals surface area contributed by atoms with Crippen LogP contribution in [0, 0.1) is 0 Å². The largest absolute Gasteiger partial charge is 0.456 e. The summed E-state index contributed by atoms with van der Waals surface area (Å²) in [7, 11) is 0. The quantitative estimate of drug-likeness (QED) is 0.178. The summed E-state index contributed by atoms with van der Waals surface area (Å²) < 4.78 is 6.17. The number of hydrogen-bond donors (Lipinski definition) is 0. The second kappa shape index (κ2) is 12.5. The van der Waals surface area contributed by atoms with Gasteiger partial charge >= 0.3 is 0 Å². The number of rotatable bonds is 5. The van der Waals surface area contributed by atoms with E-state index in [4.69, 9.17) is 14.4 Å². The van der Waals surface area contributed by atoms with Gasteiger partial charge in [-0.05, 0) is 85.6 Å². The Hall–Kier alpha value is -7.10. The van der Waals surface area contributed by atoms with Gasteiger partial charge in [0.2, 0.25) is 0 Å². The Morgan fingerprint density at radius 3 is 1.80 bits per heavy atom. The fourth-order valence-electron chi connectivity index (χ4n) is 8.83. The zero-order chi connectivity index (χ0) is 37.4. The molecule has 3 nitrogen and oxygen atoms in total. The lowest BCUT2D eigenvalue weighted by Gasteiger charge is -2.22. The van der Waals surface area contributed by atoms with Gasteiger partial charge in [-0.25, -0.2) is 9.97 Å². The summed E-state index contributed by atoms with van der Waals surface area (Å²) in [6.07, 6.45) is 0. The molecular formula is C53H36N2O. The molecular weight excluding hydrogens is 681 g/mol. The Morgan fingerprint density at radius 1 is 0.411 bits per heavy atom. The molecule has 56 heavy (non-hydrogen) atoms. The number of para-hydroxylation sites is 1. The van der Waals surface area contributed by atoms with Crippen molar-refractivity contribution in [1.82, 2.24) is 9.97 Å². The van der Waals surface area contributed by atoms with Crippen LogP contribution in [0.3, 0.4) is 0 Å². The van der Waals surface area contributed by atoms with E-state index in [-0.39, 0.29) is 5.41 Å². The Morgan fingerprint density at radius 2 is 1.02 bits per heavy atom. The van der Waals surface area contributed by atoms with Gasteiger partial charge in [-0.15, -0.1) is 0 Å². The highest BCUT2D eigenvalue weighted by Gasteiger charge is 2.37. The van der Waals surface area contributed by atoms with E-state index in [1.54, 1.807) is 0 Å². The molecule has 8 aromatic carbocycles. The van der Waals surface area contributed by atoms with Crippen LogP contribution in [-0.4, -0.2) is 9.97 Å². The molecule has 0 atom stereocenters. The monoisotopic (exact) mass is 716 g/mol. The van der Waals surface area contributed by atoms with Crippen molar-refractivity contribution >= 4 is 32.7 Å². The van der Waals surface area contributed by atoms with Gasteiger partial charge in [0.15, 0.2) is 5.82 Å². The molecule has 0 spiro atoms. The van der Waals surface area contributed by atoms with E-state index in [2.05, 4.69) is 159 Å². The second-order valence-electron chi connectivity index (χ2n) is 15.4. The highest BCUT2D eigenvalue weighted by Crippen LogP contribution is 2.53. The summed E-state index contributed by atoms with van der Waals surface area (Å²) in [6, 6.07) is 64.7. The zero-order valence-electron chi connectivity index (χ0n) is 31.1. The molecule has 0 unspecified atom stereocenters. The Kier molecular flexibility index (Phi) is 7.20. The van der Waals surface area contributed by atoms with Crippen molar-refractivity contribution in [3.05, 3.63) is 193 Å². The zero-order valence-corrected chi connectivity index (χ0v) is 31.1. The van der Waals surface area contributed by atoms with Gasteiger partial charge in [0, 0.05) is 32.9 Å². The summed E-state index contributed by atoms with van der Waals surface area (Å²) >= 11 is 0. The van der Waals surface area contributed by atoms with Gasteiger partial charge < -0.3 is 4.42 Å². The first-order valence-electron chi connectivity index (χ1n) is 19.2. The molecule has 0 saturated carbocycles. The van der Waals surface area contributed by atoms with E-state index in [0.717, 1.165) is 66.7 Å². The SMILES string of the molecule is CC1(C)c2cc3ccccc3cc2-c2c(-c3cc(-c4ccc(-c5ccc(-c6cccc7oc8ccccc8c67)cc5)cc4)nc(-c4ccccc4)n3)cccc21. The minimum absolute atomic E-state index is 0.141. The Balaban J connectivity index is 0.989. The van der Waals surface area contributed by atoms with Crippen molar-refractivity contribution in [3.8, 4) is 67.3 Å². The second-order valence-corrected chi connectivity index (χ2v) is 15.4. The summed E-state index contributed by atoms with van der Waals surface area (Å²) in [6.45, 7) is 4.68. The van der Waals surface area contributed by atoms with Gasteiger partial charge in [0.1, 0.15) is 11.2 Å². The summed E-state index contributed by atoms with van der Waals surface area (Å²) in [5.41, 5.74) is 16.5. The lowest BCUT2D eigenvalue weighted by molar-refractivity contribution is 0.661. The number of fused-ring (bicyclic) bond motifs is 7. The van der Waals surface area contributed by atoms with Crippen molar-refractivity contribution in [2.75, 3.05) is 0 Å². The molecule has 0 radical (unpaired) electrons. The van der Waals surface area contributed by atoms with E-state index in [9.17, 15) is 0 Å². The maximum absolute atomic E-state index is 6.17. The van der Waals surface area contributed by atoms with Crippen LogP contribution in [0.15, 0.2) is 186 Å². The molecule has 3 heteroatoms. The summed E-state index contributed by atoms with van der Waals surface area (Å²) in [5.74, 6) is 0.715. The fourth-order valence-corrected chi connectivity index (χ4v) is 8.83. The Labute approximate surface area is 325 Å². The van der Waals surface area contributed by atoms with E-state index in [1.807, 2.05) is 36.4 Å². The van der Waals surface area contributed by atoms with Crippen LogP contribution in [0.4, 0.5) is 0 Å². The van der Waals surface area contributed by atoms with E-state index < -0.39 is 0 Å². The summed E-state index contributed by atoms with van der Waals surface area (Å²) in [4.78, 5) is 10.5. The van der Waals surface area contributed by atoms with E-state index in [0.29, 0.717) is 5.82 Å². The highest BCUT2D eigenvalue weighted by atomic mass is 16.3. The molecule has 0 saturated heterocycles. The van der Waals surface area contributed by atoms with Crippen LogP contribution in [0.1, 0.15) is 25.0 Å². The van der Waals surface area contributed by atoms with Crippen molar-refractivity contribution in [2.45, 2.75) is 19.3 Å². The number of benzene rings is 8. The predicted octanol–water partition coefficient (Wildman–Crippen LogP) is 14.2. The number of nitrogens with zero attached hydrogens (tertiary/aromatic N) is 2. The first-order chi connectivity index (χ1) is 27.5. The topological polar surface area (TPSA) is 38.9 Å². The van der Waals surface area contributed by atoms with Gasteiger partial charge in [0.05, 0.1) is 11.4 Å². The molecule has 11 rings (SSSR count). The van der Waals surface area contributed by atoms with Gasteiger partial charge in [-0.3, -0.25) is 0 Å². The van der Waals surface area contributed by atoms with E-state index in [1.165, 1.54) is 38.6 Å². The predicted molar refractivity (Wildman–Crippen MR) is 232 cm³/mol. The molecule has 0 bridgehead atoms. The minimum Gasteiger partial charge on any atom is -0.456 e. The third-order valence-electron chi connectivity index (χ3n) is 11.7. The molecule has 1 aliphatic rings. The van der Waals surface area contributed by atoms with Crippen molar-refractivity contribution in [3.63, 3.8) is 0 Å². The molecule has 0 aliphatic heterocycles. The highest BCUT2D eigenvalue weighted by molar-refractivity contribution is 6.12. The van der Waals surface area contributed by atoms with Crippen LogP contribution >= 0.6 is 0 Å². The standard InChI is InChI=1S/C53H36N2O/c1-53(2)44-19-10-18-41(50(44)43-30-38-14-6-7-15-39(38)31-45(43)53)47-32-46(54-52(55-47)37-12-4-3-5-13-37)36-28-24-34(25-29-36)33-22-26-35(27-23-33)40-17-11-21-49-51(40)42-16-8-9-20-48(42)56-49/h3-32H,1-2H3. The molecule has 264 valence electrons. The first kappa shape index (κ1) is 32.3. The van der Waals surface area contributed by atoms with Gasteiger partial charge in [0.25, 0.3) is 0 Å².